The van der Waals surface area contributed by atoms with Crippen LogP contribution in [-0.4, -0.2) is 30.2 Å². The fourth-order valence-electron chi connectivity index (χ4n) is 5.41. The molecule has 0 saturated heterocycles. The van der Waals surface area contributed by atoms with Gasteiger partial charge in [-0.15, -0.1) is 0 Å². The predicted octanol–water partition coefficient (Wildman–Crippen LogP) is 10.8. The third-order valence-electron chi connectivity index (χ3n) is 7.99. The Morgan fingerprint density at radius 2 is 0.977 bits per heavy atom. The molecule has 5 nitrogen and oxygen atoms in total. The van der Waals surface area contributed by atoms with Crippen molar-refractivity contribution in [3.8, 4) is 11.5 Å². The van der Waals surface area contributed by atoms with Gasteiger partial charge in [0.05, 0.1) is 24.6 Å². The molecule has 1 aromatic heterocycles. The van der Waals surface area contributed by atoms with Crippen molar-refractivity contribution in [1.82, 2.24) is 4.57 Å². The smallest absolute Gasteiger partial charge is 0.119 e. The fraction of sp³-hybridized carbons (Fsp3) is 0.333. The first kappa shape index (κ1) is 31.1. The molecule has 0 atom stereocenters. The van der Waals surface area contributed by atoms with Crippen molar-refractivity contribution in [3.05, 3.63) is 96.1 Å². The molecule has 5 aromatic rings. The highest BCUT2D eigenvalue weighted by molar-refractivity contribution is 6.10. The van der Waals surface area contributed by atoms with Gasteiger partial charge in [-0.25, -0.2) is 0 Å². The van der Waals surface area contributed by atoms with E-state index in [9.17, 15) is 0 Å². The summed E-state index contributed by atoms with van der Waals surface area (Å²) in [6, 6.07) is 29.1. The van der Waals surface area contributed by atoms with Crippen molar-refractivity contribution in [2.24, 2.45) is 17.0 Å². The van der Waals surface area contributed by atoms with E-state index in [0.717, 1.165) is 60.1 Å². The molecule has 0 unspecified atom stereocenters. The first-order valence-corrected chi connectivity index (χ1v) is 16.2. The minimum atomic E-state index is 0.767. The van der Waals surface area contributed by atoms with E-state index >= 15 is 0 Å². The van der Waals surface area contributed by atoms with E-state index in [1.807, 2.05) is 61.0 Å². The van der Waals surface area contributed by atoms with Crippen molar-refractivity contribution in [1.29, 1.82) is 0 Å². The Morgan fingerprint density at radius 3 is 1.39 bits per heavy atom. The lowest BCUT2D eigenvalue weighted by Gasteiger charge is -2.06. The van der Waals surface area contributed by atoms with Gasteiger partial charge in [0, 0.05) is 41.3 Å². The Bertz CT molecular complexity index is 1560. The second kappa shape index (κ2) is 15.9. The Kier molecular flexibility index (Phi) is 11.2. The second-order valence-corrected chi connectivity index (χ2v) is 11.4. The van der Waals surface area contributed by atoms with Gasteiger partial charge in [-0.2, -0.15) is 0 Å². The third kappa shape index (κ3) is 8.37. The minimum Gasteiger partial charge on any atom is -0.494 e. The Morgan fingerprint density at radius 1 is 0.545 bits per heavy atom. The maximum Gasteiger partial charge on any atom is 0.119 e. The molecular formula is C39H45N3O2. The molecule has 5 heteroatoms. The zero-order valence-electron chi connectivity index (χ0n) is 26.5. The monoisotopic (exact) mass is 587 g/mol. The molecule has 228 valence electrons. The van der Waals surface area contributed by atoms with Crippen molar-refractivity contribution >= 4 is 45.6 Å². The van der Waals surface area contributed by atoms with E-state index in [-0.39, 0.29) is 0 Å². The van der Waals surface area contributed by atoms with Gasteiger partial charge in [-0.05, 0) is 96.8 Å². The molecule has 44 heavy (non-hydrogen) atoms. The molecule has 0 fully saturated rings. The van der Waals surface area contributed by atoms with Gasteiger partial charge < -0.3 is 14.0 Å². The Hall–Kier alpha value is -4.38. The summed E-state index contributed by atoms with van der Waals surface area (Å²) in [7, 11) is 2.12. The quantitative estimate of drug-likeness (QED) is 0.0851. The molecular weight excluding hydrogens is 542 g/mol. The molecule has 5 rings (SSSR count). The van der Waals surface area contributed by atoms with E-state index in [1.54, 1.807) is 0 Å². The van der Waals surface area contributed by atoms with Crippen molar-refractivity contribution < 1.29 is 9.47 Å². The number of nitrogens with zero attached hydrogens (tertiary/aromatic N) is 3. The maximum absolute atomic E-state index is 5.87. The lowest BCUT2D eigenvalue weighted by atomic mass is 10.1. The first-order valence-electron chi connectivity index (χ1n) is 16.2. The van der Waals surface area contributed by atoms with Crippen molar-refractivity contribution in [2.75, 3.05) is 13.2 Å². The van der Waals surface area contributed by atoms with Crippen LogP contribution in [-0.2, 0) is 7.05 Å². The van der Waals surface area contributed by atoms with Crippen LogP contribution in [0.15, 0.2) is 94.9 Å². The van der Waals surface area contributed by atoms with Gasteiger partial charge in [0.15, 0.2) is 0 Å². The number of aryl methyl sites for hydroxylation is 1. The van der Waals surface area contributed by atoms with Crippen LogP contribution in [0.5, 0.6) is 11.5 Å². The average molecular weight is 588 g/mol. The van der Waals surface area contributed by atoms with Crippen LogP contribution in [0.25, 0.3) is 21.8 Å². The molecule has 0 bridgehead atoms. The number of unbranched alkanes of at least 4 members (excludes halogenated alkanes) is 6. The van der Waals surface area contributed by atoms with Crippen LogP contribution in [0.2, 0.25) is 0 Å². The Balaban J connectivity index is 1.25. The number of fused-ring (bicyclic) bond motifs is 3. The zero-order valence-corrected chi connectivity index (χ0v) is 26.5. The van der Waals surface area contributed by atoms with Gasteiger partial charge in [0.2, 0.25) is 0 Å². The highest BCUT2D eigenvalue weighted by Gasteiger charge is 2.09. The lowest BCUT2D eigenvalue weighted by Crippen LogP contribution is -1.96. The largest absolute Gasteiger partial charge is 0.494 e. The van der Waals surface area contributed by atoms with Gasteiger partial charge in [-0.1, -0.05) is 64.5 Å². The number of aromatic nitrogens is 1. The van der Waals surface area contributed by atoms with E-state index < -0.39 is 0 Å². The molecule has 0 saturated carbocycles. The molecule has 0 spiro atoms. The number of hydrogen-bond acceptors (Lipinski definition) is 4. The highest BCUT2D eigenvalue weighted by atomic mass is 16.5. The van der Waals surface area contributed by atoms with E-state index in [1.165, 1.54) is 60.3 Å². The normalized spacial score (nSPS) is 11.8. The van der Waals surface area contributed by atoms with Gasteiger partial charge >= 0.3 is 0 Å². The highest BCUT2D eigenvalue weighted by Crippen LogP contribution is 2.30. The standard InChI is InChI=1S/C39H45N3O2/c1-4-6-8-10-24-43-34-18-14-32(15-19-34)40-28-30-12-22-38-36(26-30)37-27-31(13-23-39(37)42(38)3)29-41-33-16-20-35(21-17-33)44-25-11-9-7-5-2/h12-23,26-29H,4-11,24-25H2,1-3H3. The van der Waals surface area contributed by atoms with E-state index in [0.29, 0.717) is 0 Å². The van der Waals surface area contributed by atoms with Crippen LogP contribution in [0.1, 0.15) is 76.3 Å². The molecule has 0 aliphatic heterocycles. The van der Waals surface area contributed by atoms with Gasteiger partial charge in [0.25, 0.3) is 0 Å². The van der Waals surface area contributed by atoms with Crippen LogP contribution in [0.4, 0.5) is 11.4 Å². The zero-order chi connectivity index (χ0) is 30.6. The summed E-state index contributed by atoms with van der Waals surface area (Å²) in [5, 5.41) is 2.41. The summed E-state index contributed by atoms with van der Waals surface area (Å²) in [4.78, 5) is 9.46. The van der Waals surface area contributed by atoms with E-state index in [2.05, 4.69) is 61.9 Å². The number of ether oxygens (including phenoxy) is 2. The molecule has 0 radical (unpaired) electrons. The van der Waals surface area contributed by atoms with Crippen LogP contribution in [0, 0.1) is 0 Å². The third-order valence-corrected chi connectivity index (χ3v) is 7.99. The summed E-state index contributed by atoms with van der Waals surface area (Å²) in [6.07, 6.45) is 13.5. The second-order valence-electron chi connectivity index (χ2n) is 11.4. The molecule has 1 heterocycles. The van der Waals surface area contributed by atoms with Crippen molar-refractivity contribution in [3.63, 3.8) is 0 Å². The maximum atomic E-state index is 5.87. The lowest BCUT2D eigenvalue weighted by molar-refractivity contribution is 0.305. The summed E-state index contributed by atoms with van der Waals surface area (Å²) in [5.41, 5.74) is 6.33. The number of rotatable bonds is 16. The average Bonchev–Trinajstić information content (AvgIpc) is 3.34. The molecule has 4 aromatic carbocycles. The summed E-state index contributed by atoms with van der Waals surface area (Å²) in [5.74, 6) is 1.80. The molecule has 0 aliphatic rings. The predicted molar refractivity (Wildman–Crippen MR) is 187 cm³/mol. The first-order chi connectivity index (χ1) is 21.6. The van der Waals surface area contributed by atoms with Crippen LogP contribution < -0.4 is 9.47 Å². The molecule has 0 amide bonds. The summed E-state index contributed by atoms with van der Waals surface area (Å²) >= 11 is 0. The summed E-state index contributed by atoms with van der Waals surface area (Å²) in [6.45, 7) is 5.98. The van der Waals surface area contributed by atoms with Crippen molar-refractivity contribution in [2.45, 2.75) is 65.2 Å². The fourth-order valence-corrected chi connectivity index (χ4v) is 5.41. The van der Waals surface area contributed by atoms with Gasteiger partial charge in [-0.3, -0.25) is 9.98 Å². The minimum absolute atomic E-state index is 0.767. The molecule has 0 N–H and O–H groups in total. The van der Waals surface area contributed by atoms with Gasteiger partial charge in [0.1, 0.15) is 11.5 Å². The number of benzene rings is 4. The SMILES string of the molecule is CCCCCCOc1ccc(N=Cc2ccc3c(c2)c2cc(C=Nc4ccc(OCCCCCC)cc4)ccc2n3C)cc1. The topological polar surface area (TPSA) is 48.1 Å². The molecule has 0 aliphatic carbocycles. The van der Waals surface area contributed by atoms with Crippen LogP contribution >= 0.6 is 0 Å². The Labute approximate surface area is 262 Å². The number of aliphatic imine (C=N–C) groups is 2. The summed E-state index contributed by atoms with van der Waals surface area (Å²) < 4.78 is 14.0. The van der Waals surface area contributed by atoms with E-state index in [4.69, 9.17) is 19.5 Å². The van der Waals surface area contributed by atoms with Crippen LogP contribution in [0.3, 0.4) is 0 Å². The number of hydrogen-bond donors (Lipinski definition) is 0.